The van der Waals surface area contributed by atoms with Crippen LogP contribution in [0.15, 0.2) is 10.8 Å². The van der Waals surface area contributed by atoms with E-state index < -0.39 is 23.3 Å². The van der Waals surface area contributed by atoms with E-state index >= 15 is 0 Å². The monoisotopic (exact) mass is 294 g/mol. The lowest BCUT2D eigenvalue weighted by Gasteiger charge is -2.26. The van der Waals surface area contributed by atoms with Crippen molar-refractivity contribution in [3.05, 3.63) is 17.5 Å². The first-order chi connectivity index (χ1) is 8.91. The predicted molar refractivity (Wildman–Crippen MR) is 63.9 cm³/mol. The van der Waals surface area contributed by atoms with E-state index in [-0.39, 0.29) is 6.04 Å². The van der Waals surface area contributed by atoms with Gasteiger partial charge in [-0.3, -0.25) is 4.79 Å². The van der Waals surface area contributed by atoms with Crippen molar-refractivity contribution in [3.8, 4) is 0 Å². The number of nitrogens with zero attached hydrogens (tertiary/aromatic N) is 2. The number of hydrogen-bond donors (Lipinski definition) is 0. The first-order valence-corrected chi connectivity index (χ1v) is 6.97. The highest BCUT2D eigenvalue weighted by atomic mass is 32.2. The summed E-state index contributed by atoms with van der Waals surface area (Å²) in [6.45, 7) is 2.28. The number of alkyl halides is 3. The highest BCUT2D eigenvalue weighted by Crippen LogP contribution is 2.32. The molecule has 0 saturated carbocycles. The van der Waals surface area contributed by atoms with Gasteiger partial charge in [-0.05, 0) is 19.1 Å². The standard InChI is InChI=1S/C11H13F3N2O2S/c1-7-6-19-4-2-3-16(7)10(17)8-5-18-15-9(8)11(12,13)14/h5,7H,2-4,6H2,1H3. The van der Waals surface area contributed by atoms with Crippen LogP contribution in [0.25, 0.3) is 0 Å². The molecule has 4 nitrogen and oxygen atoms in total. The Balaban J connectivity index is 2.26. The van der Waals surface area contributed by atoms with Gasteiger partial charge in [0, 0.05) is 18.3 Å². The van der Waals surface area contributed by atoms with Gasteiger partial charge in [-0.25, -0.2) is 0 Å². The minimum absolute atomic E-state index is 0.101. The van der Waals surface area contributed by atoms with Crippen molar-refractivity contribution in [3.63, 3.8) is 0 Å². The molecule has 1 saturated heterocycles. The number of halogens is 3. The predicted octanol–water partition coefficient (Wildman–Crippen LogP) is 2.66. The third-order valence-electron chi connectivity index (χ3n) is 2.91. The van der Waals surface area contributed by atoms with Crippen molar-refractivity contribution < 1.29 is 22.5 Å². The maximum Gasteiger partial charge on any atom is 0.437 e. The molecule has 2 heterocycles. The molecule has 1 amide bonds. The van der Waals surface area contributed by atoms with Gasteiger partial charge in [0.05, 0.1) is 0 Å². The third kappa shape index (κ3) is 3.05. The van der Waals surface area contributed by atoms with E-state index in [0.717, 1.165) is 24.2 Å². The Labute approximate surface area is 112 Å². The molecule has 1 aromatic rings. The lowest BCUT2D eigenvalue weighted by molar-refractivity contribution is -0.143. The first-order valence-electron chi connectivity index (χ1n) is 5.81. The van der Waals surface area contributed by atoms with E-state index in [1.807, 2.05) is 6.92 Å². The zero-order valence-electron chi connectivity index (χ0n) is 10.2. The van der Waals surface area contributed by atoms with E-state index in [4.69, 9.17) is 0 Å². The van der Waals surface area contributed by atoms with Crippen LogP contribution in [-0.4, -0.2) is 40.1 Å². The molecule has 0 aromatic carbocycles. The molecule has 1 aromatic heterocycles. The van der Waals surface area contributed by atoms with Crippen LogP contribution in [0.4, 0.5) is 13.2 Å². The van der Waals surface area contributed by atoms with Crippen LogP contribution in [0.2, 0.25) is 0 Å². The maximum atomic E-state index is 12.7. The summed E-state index contributed by atoms with van der Waals surface area (Å²) in [5.74, 6) is 0.964. The number of aromatic nitrogens is 1. The number of carbonyl (C=O) groups is 1. The Bertz CT molecular complexity index is 461. The average Bonchev–Trinajstić information content (AvgIpc) is 2.73. The highest BCUT2D eigenvalue weighted by molar-refractivity contribution is 7.99. The summed E-state index contributed by atoms with van der Waals surface area (Å²) in [6.07, 6.45) is -3.13. The molecule has 0 bridgehead atoms. The molecule has 1 unspecified atom stereocenters. The van der Waals surface area contributed by atoms with E-state index in [0.29, 0.717) is 6.54 Å². The van der Waals surface area contributed by atoms with Crippen molar-refractivity contribution in [1.29, 1.82) is 0 Å². The van der Waals surface area contributed by atoms with Gasteiger partial charge >= 0.3 is 6.18 Å². The van der Waals surface area contributed by atoms with Crippen LogP contribution in [0.5, 0.6) is 0 Å². The van der Waals surface area contributed by atoms with Crippen molar-refractivity contribution >= 4 is 17.7 Å². The minimum Gasteiger partial charge on any atom is -0.363 e. The largest absolute Gasteiger partial charge is 0.437 e. The zero-order valence-corrected chi connectivity index (χ0v) is 11.1. The van der Waals surface area contributed by atoms with Crippen LogP contribution in [-0.2, 0) is 6.18 Å². The van der Waals surface area contributed by atoms with Gasteiger partial charge in [0.25, 0.3) is 5.91 Å². The molecule has 8 heteroatoms. The molecule has 0 spiro atoms. The second-order valence-electron chi connectivity index (χ2n) is 4.35. The van der Waals surface area contributed by atoms with Crippen molar-refractivity contribution in [2.45, 2.75) is 25.6 Å². The zero-order chi connectivity index (χ0) is 14.0. The molecule has 1 atom stereocenters. The number of thioether (sulfide) groups is 1. The molecule has 1 aliphatic heterocycles. The summed E-state index contributed by atoms with van der Waals surface area (Å²) in [7, 11) is 0. The van der Waals surface area contributed by atoms with E-state index in [9.17, 15) is 18.0 Å². The topological polar surface area (TPSA) is 46.3 Å². The Morgan fingerprint density at radius 2 is 2.32 bits per heavy atom. The minimum atomic E-state index is -4.68. The first kappa shape index (κ1) is 14.2. The van der Waals surface area contributed by atoms with Gasteiger partial charge < -0.3 is 9.42 Å². The fourth-order valence-electron chi connectivity index (χ4n) is 1.95. The Morgan fingerprint density at radius 3 is 3.00 bits per heavy atom. The van der Waals surface area contributed by atoms with Crippen LogP contribution in [0, 0.1) is 0 Å². The van der Waals surface area contributed by atoms with E-state index in [1.54, 1.807) is 11.8 Å². The molecular weight excluding hydrogens is 281 g/mol. The molecular formula is C11H13F3N2O2S. The molecule has 1 aliphatic rings. The van der Waals surface area contributed by atoms with Gasteiger partial charge in [0.1, 0.15) is 11.8 Å². The Kier molecular flexibility index (Phi) is 4.07. The van der Waals surface area contributed by atoms with Crippen molar-refractivity contribution in [2.24, 2.45) is 0 Å². The van der Waals surface area contributed by atoms with Gasteiger partial charge in [0.2, 0.25) is 0 Å². The summed E-state index contributed by atoms with van der Waals surface area (Å²) in [6, 6.07) is -0.101. The quantitative estimate of drug-likeness (QED) is 0.799. The molecule has 1 fully saturated rings. The average molecular weight is 294 g/mol. The number of rotatable bonds is 1. The van der Waals surface area contributed by atoms with Gasteiger partial charge in [0.15, 0.2) is 5.69 Å². The van der Waals surface area contributed by atoms with Crippen LogP contribution < -0.4 is 0 Å². The lowest BCUT2D eigenvalue weighted by Crippen LogP contribution is -2.40. The molecule has 0 aliphatic carbocycles. The molecule has 0 radical (unpaired) electrons. The lowest BCUT2D eigenvalue weighted by atomic mass is 10.2. The third-order valence-corrected chi connectivity index (χ3v) is 4.20. The fourth-order valence-corrected chi connectivity index (χ4v) is 2.97. The Morgan fingerprint density at radius 1 is 1.58 bits per heavy atom. The summed E-state index contributed by atoms with van der Waals surface area (Å²) < 4.78 is 42.4. The van der Waals surface area contributed by atoms with Crippen molar-refractivity contribution in [2.75, 3.05) is 18.1 Å². The normalized spacial score (nSPS) is 21.3. The highest BCUT2D eigenvalue weighted by Gasteiger charge is 2.41. The molecule has 0 N–H and O–H groups in total. The van der Waals surface area contributed by atoms with Gasteiger partial charge in [-0.2, -0.15) is 24.9 Å². The second kappa shape index (κ2) is 5.44. The maximum absolute atomic E-state index is 12.7. The Hall–Kier alpha value is -1.18. The van der Waals surface area contributed by atoms with Crippen LogP contribution in [0.3, 0.4) is 0 Å². The number of carbonyl (C=O) groups excluding carboxylic acids is 1. The number of hydrogen-bond acceptors (Lipinski definition) is 4. The van der Waals surface area contributed by atoms with Crippen molar-refractivity contribution in [1.82, 2.24) is 10.1 Å². The van der Waals surface area contributed by atoms with E-state index in [2.05, 4.69) is 9.68 Å². The van der Waals surface area contributed by atoms with Gasteiger partial charge in [-0.1, -0.05) is 5.16 Å². The summed E-state index contributed by atoms with van der Waals surface area (Å²) in [5, 5.41) is 2.90. The molecule has 2 rings (SSSR count). The fraction of sp³-hybridized carbons (Fsp3) is 0.636. The molecule has 19 heavy (non-hydrogen) atoms. The van der Waals surface area contributed by atoms with Crippen LogP contribution >= 0.6 is 11.8 Å². The van der Waals surface area contributed by atoms with Gasteiger partial charge in [-0.15, -0.1) is 0 Å². The number of amides is 1. The SMILES string of the molecule is CC1CSCCCN1C(=O)c1conc1C(F)(F)F. The summed E-state index contributed by atoms with van der Waals surface area (Å²) >= 11 is 1.70. The van der Waals surface area contributed by atoms with E-state index in [1.165, 1.54) is 4.90 Å². The van der Waals surface area contributed by atoms with Crippen LogP contribution in [0.1, 0.15) is 29.4 Å². The summed E-state index contributed by atoms with van der Waals surface area (Å²) in [4.78, 5) is 13.7. The second-order valence-corrected chi connectivity index (χ2v) is 5.50. The smallest absolute Gasteiger partial charge is 0.363 e. The summed E-state index contributed by atoms with van der Waals surface area (Å²) in [5.41, 5.74) is -1.76. The molecule has 106 valence electrons.